The third kappa shape index (κ3) is 4.42. The van der Waals surface area contributed by atoms with Gasteiger partial charge in [-0.1, -0.05) is 12.1 Å². The van der Waals surface area contributed by atoms with Gasteiger partial charge < -0.3 is 31.2 Å². The number of ether oxygens (including phenoxy) is 2. The summed E-state index contributed by atoms with van der Waals surface area (Å²) in [7, 11) is 0. The summed E-state index contributed by atoms with van der Waals surface area (Å²) in [6, 6.07) is 7.74. The fraction of sp³-hybridized carbons (Fsp3) is 0.333. The fourth-order valence-corrected chi connectivity index (χ4v) is 3.89. The van der Waals surface area contributed by atoms with Crippen molar-refractivity contribution in [2.75, 3.05) is 18.1 Å². The Labute approximate surface area is 196 Å². The van der Waals surface area contributed by atoms with E-state index in [2.05, 4.69) is 15.0 Å². The molecule has 1 fully saturated rings. The Bertz CT molecular complexity index is 1330. The molecule has 13 nitrogen and oxygen atoms in total. The molecule has 0 aliphatic carbocycles. The van der Waals surface area contributed by atoms with Crippen molar-refractivity contribution in [3.05, 3.63) is 41.7 Å². The molecule has 3 heterocycles. The van der Waals surface area contributed by atoms with Crippen LogP contribution in [0.1, 0.15) is 23.8 Å². The number of fused-ring (bicyclic) bond motifs is 1. The number of hydrogen-bond donors (Lipinski definition) is 4. The normalized spacial score (nSPS) is 20.1. The number of nitriles is 1. The molecule has 182 valence electrons. The van der Waals surface area contributed by atoms with Crippen LogP contribution in [0.2, 0.25) is 0 Å². The lowest BCUT2D eigenvalue weighted by molar-refractivity contribution is -0.188. The van der Waals surface area contributed by atoms with Crippen molar-refractivity contribution in [1.82, 2.24) is 19.5 Å². The molecule has 6 N–H and O–H groups in total. The Balaban J connectivity index is 1.54. The van der Waals surface area contributed by atoms with Gasteiger partial charge in [-0.2, -0.15) is 15.2 Å². The van der Waals surface area contributed by atoms with Crippen LogP contribution in [-0.2, 0) is 25.5 Å². The first-order valence-corrected chi connectivity index (χ1v) is 10.3. The lowest BCUT2D eigenvalue weighted by Gasteiger charge is -2.27. The summed E-state index contributed by atoms with van der Waals surface area (Å²) in [5.41, 5.74) is 9.55. The summed E-state index contributed by atoms with van der Waals surface area (Å²) >= 11 is 0. The predicted octanol–water partition coefficient (Wildman–Crippen LogP) is 0.655. The van der Waals surface area contributed by atoms with Crippen molar-refractivity contribution in [2.45, 2.75) is 36.9 Å². The largest absolute Gasteiger partial charge is 0.479 e. The van der Waals surface area contributed by atoms with E-state index < -0.39 is 49.1 Å². The van der Waals surface area contributed by atoms with E-state index >= 15 is 0 Å². The molecule has 0 saturated carbocycles. The highest BCUT2D eigenvalue weighted by Gasteiger charge is 2.50. The van der Waals surface area contributed by atoms with Crippen LogP contribution in [0.4, 0.5) is 16.2 Å². The van der Waals surface area contributed by atoms with E-state index in [1.54, 1.807) is 0 Å². The van der Waals surface area contributed by atoms with Crippen LogP contribution < -0.4 is 11.5 Å². The molecule has 14 heteroatoms. The van der Waals surface area contributed by atoms with Crippen LogP contribution in [0.25, 0.3) is 11.2 Å². The van der Waals surface area contributed by atoms with Crippen molar-refractivity contribution in [2.24, 2.45) is 0 Å². The molecule has 0 amide bonds. The molecular formula is C21H20FN7O6. The van der Waals surface area contributed by atoms with Gasteiger partial charge in [0.1, 0.15) is 11.7 Å². The SMILES string of the molecule is N#Cc1cccc(CC(OCC2CC(F)C(n3cnc4c(N)nc(N)nc43)O2)(C(=O)O)C(=O)O)c1. The maximum absolute atomic E-state index is 14.9. The Kier molecular flexibility index (Phi) is 6.20. The van der Waals surface area contributed by atoms with E-state index in [1.807, 2.05) is 6.07 Å². The number of aromatic nitrogens is 4. The summed E-state index contributed by atoms with van der Waals surface area (Å²) in [5.74, 6) is -3.63. The van der Waals surface area contributed by atoms with Gasteiger partial charge >= 0.3 is 11.9 Å². The molecule has 1 aliphatic heterocycles. The highest BCUT2D eigenvalue weighted by atomic mass is 19.1. The minimum absolute atomic E-state index is 0.00714. The van der Waals surface area contributed by atoms with E-state index in [1.165, 1.54) is 35.2 Å². The fourth-order valence-electron chi connectivity index (χ4n) is 3.89. The number of hydrogen-bond acceptors (Lipinski definition) is 10. The Hall–Kier alpha value is -4.35. The van der Waals surface area contributed by atoms with Gasteiger partial charge in [-0.25, -0.2) is 19.0 Å². The van der Waals surface area contributed by atoms with Crippen LogP contribution in [0.3, 0.4) is 0 Å². The minimum atomic E-state index is -2.68. The van der Waals surface area contributed by atoms with Crippen LogP contribution in [0.5, 0.6) is 0 Å². The number of carboxylic acids is 2. The summed E-state index contributed by atoms with van der Waals surface area (Å²) in [4.78, 5) is 35.9. The zero-order valence-corrected chi connectivity index (χ0v) is 18.0. The first-order valence-electron chi connectivity index (χ1n) is 10.3. The quantitative estimate of drug-likeness (QED) is 0.324. The number of carboxylic acid groups (broad SMARTS) is 2. The molecular weight excluding hydrogens is 465 g/mol. The van der Waals surface area contributed by atoms with Crippen LogP contribution in [-0.4, -0.2) is 66.2 Å². The summed E-state index contributed by atoms with van der Waals surface area (Å²) in [6.45, 7) is -0.528. The standard InChI is InChI=1S/C21H20FN7O6/c22-13-5-12(35-17(13)29-9-26-14-15(24)27-20(25)28-16(14)29)8-34-21(18(30)31,19(32)33)6-10-2-1-3-11(4-10)7-23/h1-4,9,12-13,17H,5-6,8H2,(H,30,31)(H,32,33)(H4,24,25,27,28). The zero-order valence-electron chi connectivity index (χ0n) is 18.0. The zero-order chi connectivity index (χ0) is 25.3. The predicted molar refractivity (Wildman–Crippen MR) is 116 cm³/mol. The maximum Gasteiger partial charge on any atom is 0.348 e. The molecule has 35 heavy (non-hydrogen) atoms. The number of nitrogens with zero attached hydrogens (tertiary/aromatic N) is 5. The number of rotatable bonds is 8. The molecule has 1 aliphatic rings. The van der Waals surface area contributed by atoms with Gasteiger partial charge in [0.15, 0.2) is 17.7 Å². The third-order valence-corrected chi connectivity index (χ3v) is 5.58. The number of imidazole rings is 1. The Morgan fingerprint density at radius 3 is 2.74 bits per heavy atom. The summed E-state index contributed by atoms with van der Waals surface area (Å²) in [6.07, 6.45) is -3.28. The smallest absolute Gasteiger partial charge is 0.348 e. The van der Waals surface area contributed by atoms with Crippen LogP contribution in [0.15, 0.2) is 30.6 Å². The maximum atomic E-state index is 14.9. The highest BCUT2D eigenvalue weighted by molar-refractivity contribution is 6.02. The monoisotopic (exact) mass is 485 g/mol. The van der Waals surface area contributed by atoms with Gasteiger partial charge in [-0.15, -0.1) is 0 Å². The molecule has 1 aromatic carbocycles. The van der Waals surface area contributed by atoms with Gasteiger partial charge in [0.05, 0.1) is 30.7 Å². The lowest BCUT2D eigenvalue weighted by Crippen LogP contribution is -2.52. The van der Waals surface area contributed by atoms with Crippen molar-refractivity contribution in [3.63, 3.8) is 0 Å². The van der Waals surface area contributed by atoms with Gasteiger partial charge in [-0.05, 0) is 17.7 Å². The van der Waals surface area contributed by atoms with Gasteiger partial charge in [0, 0.05) is 12.8 Å². The number of nitrogens with two attached hydrogens (primary N) is 2. The molecule has 0 radical (unpaired) electrons. The molecule has 1 saturated heterocycles. The second-order valence-electron chi connectivity index (χ2n) is 7.93. The third-order valence-electron chi connectivity index (χ3n) is 5.58. The minimum Gasteiger partial charge on any atom is -0.479 e. The van der Waals surface area contributed by atoms with Crippen LogP contribution >= 0.6 is 0 Å². The van der Waals surface area contributed by atoms with E-state index in [4.69, 9.17) is 26.2 Å². The Morgan fingerprint density at radius 1 is 1.31 bits per heavy atom. The molecule has 3 aromatic rings. The van der Waals surface area contributed by atoms with Crippen molar-refractivity contribution < 1.29 is 33.7 Å². The lowest BCUT2D eigenvalue weighted by atomic mass is 9.93. The van der Waals surface area contributed by atoms with E-state index in [0.717, 1.165) is 0 Å². The van der Waals surface area contributed by atoms with E-state index in [0.29, 0.717) is 0 Å². The number of nitrogen functional groups attached to an aromatic ring is 2. The van der Waals surface area contributed by atoms with Crippen molar-refractivity contribution in [1.29, 1.82) is 5.26 Å². The molecule has 0 spiro atoms. The summed E-state index contributed by atoms with van der Waals surface area (Å²) < 4.78 is 27.3. The average Bonchev–Trinajstić information content (AvgIpc) is 3.39. The Morgan fingerprint density at radius 2 is 2.06 bits per heavy atom. The average molecular weight is 485 g/mol. The number of halogens is 1. The van der Waals surface area contributed by atoms with Gasteiger partial charge in [0.25, 0.3) is 5.60 Å². The second kappa shape index (κ2) is 9.12. The van der Waals surface area contributed by atoms with Gasteiger partial charge in [0.2, 0.25) is 5.95 Å². The first kappa shape index (κ1) is 23.8. The number of anilines is 2. The van der Waals surface area contributed by atoms with E-state index in [9.17, 15) is 24.2 Å². The van der Waals surface area contributed by atoms with Crippen molar-refractivity contribution >= 4 is 34.9 Å². The summed E-state index contributed by atoms with van der Waals surface area (Å²) in [5, 5.41) is 28.5. The molecule has 2 aromatic heterocycles. The number of aliphatic carboxylic acids is 2. The first-order chi connectivity index (χ1) is 16.6. The number of carbonyl (C=O) groups is 2. The van der Waals surface area contributed by atoms with Crippen molar-refractivity contribution in [3.8, 4) is 6.07 Å². The topological polar surface area (TPSA) is 212 Å². The number of alkyl halides is 1. The van der Waals surface area contributed by atoms with Gasteiger partial charge in [-0.3, -0.25) is 4.57 Å². The number of benzene rings is 1. The van der Waals surface area contributed by atoms with Crippen LogP contribution in [0, 0.1) is 11.3 Å². The highest BCUT2D eigenvalue weighted by Crippen LogP contribution is 2.35. The molecule has 3 unspecified atom stereocenters. The molecule has 0 bridgehead atoms. The van der Waals surface area contributed by atoms with E-state index in [-0.39, 0.29) is 40.5 Å². The molecule has 3 atom stereocenters. The second-order valence-corrected chi connectivity index (χ2v) is 7.93. The molecule has 4 rings (SSSR count).